The van der Waals surface area contributed by atoms with Gasteiger partial charge in [-0.15, -0.1) is 0 Å². The van der Waals surface area contributed by atoms with Gasteiger partial charge in [0.05, 0.1) is 17.9 Å². The molecule has 0 aromatic heterocycles. The van der Waals surface area contributed by atoms with E-state index >= 15 is 0 Å². The number of methoxy groups -OCH3 is 1. The van der Waals surface area contributed by atoms with E-state index in [2.05, 4.69) is 26.9 Å². The molecule has 1 atom stereocenters. The van der Waals surface area contributed by atoms with Crippen molar-refractivity contribution in [1.29, 1.82) is 0 Å². The number of carbonyl (C=O) groups is 4. The van der Waals surface area contributed by atoms with Gasteiger partial charge in [0.1, 0.15) is 6.04 Å². The van der Waals surface area contributed by atoms with Crippen LogP contribution in [0, 0.1) is 17.6 Å². The van der Waals surface area contributed by atoms with Crippen molar-refractivity contribution in [2.45, 2.75) is 51.5 Å². The summed E-state index contributed by atoms with van der Waals surface area (Å²) >= 11 is 0. The number of halogens is 2. The first-order chi connectivity index (χ1) is 22.0. The van der Waals surface area contributed by atoms with Crippen LogP contribution in [0.4, 0.5) is 24.1 Å². The van der Waals surface area contributed by atoms with Crippen LogP contribution in [0.2, 0.25) is 0 Å². The Hall–Kier alpha value is -4.36. The third-order valence-electron chi connectivity index (χ3n) is 8.08. The minimum atomic E-state index is -1.52. The Morgan fingerprint density at radius 1 is 1.07 bits per heavy atom. The van der Waals surface area contributed by atoms with Gasteiger partial charge >= 0.3 is 18.0 Å². The lowest BCUT2D eigenvalue weighted by molar-refractivity contribution is -0.133. The predicted octanol–water partition coefficient (Wildman–Crippen LogP) is 4.98. The number of carboxylic acid groups (broad SMARTS) is 1. The first kappa shape index (κ1) is 34.5. The van der Waals surface area contributed by atoms with E-state index in [1.54, 1.807) is 0 Å². The summed E-state index contributed by atoms with van der Waals surface area (Å²) < 4.78 is 32.9. The van der Waals surface area contributed by atoms with E-state index in [0.29, 0.717) is 30.2 Å². The molecule has 2 aromatic rings. The molecule has 0 bridgehead atoms. The summed E-state index contributed by atoms with van der Waals surface area (Å²) in [5.74, 6) is -3.20. The van der Waals surface area contributed by atoms with Crippen LogP contribution in [0.3, 0.4) is 0 Å². The number of rotatable bonds is 12. The first-order valence-corrected chi connectivity index (χ1v) is 15.4. The zero-order valence-electron chi connectivity index (χ0n) is 26.3. The van der Waals surface area contributed by atoms with E-state index < -0.39 is 41.3 Å². The number of hydrogen-bond acceptors (Lipinski definition) is 6. The summed E-state index contributed by atoms with van der Waals surface area (Å²) in [7, 11) is 1.31. The highest BCUT2D eigenvalue weighted by Crippen LogP contribution is 2.35. The quantitative estimate of drug-likeness (QED) is 0.240. The molecule has 0 aliphatic carbocycles. The van der Waals surface area contributed by atoms with E-state index in [1.165, 1.54) is 12.7 Å². The monoisotopic (exact) mass is 641 g/mol. The standard InChI is InChI=1S/C33H41F2N5O6/c1-20(2)16-28(41)37-24-7-4-6-22(17-24)21-10-14-39(15-11-21)13-5-12-36-32(44)40-30(23-8-9-25(34)26(35)18-23)29(31(42)43)27(19-46-3)38-33(40)45/h4,6-9,17-18,20-21,30H,5,10-16,19H2,1-3H3,(H,36,44)(H,37,41)(H,38,45)(H,42,43)/t30-/m0/s1. The Labute approximate surface area is 267 Å². The highest BCUT2D eigenvalue weighted by molar-refractivity contribution is 6.01. The molecule has 2 aliphatic rings. The fourth-order valence-corrected chi connectivity index (χ4v) is 5.91. The molecular formula is C33H41F2N5O6. The minimum Gasteiger partial charge on any atom is -0.478 e. The molecule has 4 rings (SSSR count). The fraction of sp³-hybridized carbons (Fsp3) is 0.455. The number of nitrogens with one attached hydrogen (secondary N) is 3. The normalized spacial score (nSPS) is 17.7. The molecule has 2 aromatic carbocycles. The Bertz CT molecular complexity index is 1470. The van der Waals surface area contributed by atoms with Gasteiger partial charge in [-0.25, -0.2) is 28.1 Å². The smallest absolute Gasteiger partial charge is 0.335 e. The number of imide groups is 1. The number of hydrogen-bond donors (Lipinski definition) is 4. The molecule has 46 heavy (non-hydrogen) atoms. The van der Waals surface area contributed by atoms with Crippen molar-refractivity contribution in [2.24, 2.45) is 5.92 Å². The van der Waals surface area contributed by atoms with E-state index in [-0.39, 0.29) is 36.2 Å². The molecule has 13 heteroatoms. The molecule has 1 saturated heterocycles. The van der Waals surface area contributed by atoms with E-state index in [9.17, 15) is 33.1 Å². The maximum atomic E-state index is 14.2. The average Bonchev–Trinajstić information content (AvgIpc) is 3.00. The highest BCUT2D eigenvalue weighted by atomic mass is 19.2. The van der Waals surface area contributed by atoms with Gasteiger partial charge in [-0.2, -0.15) is 0 Å². The number of anilines is 1. The molecular weight excluding hydrogens is 600 g/mol. The Morgan fingerprint density at radius 2 is 1.80 bits per heavy atom. The van der Waals surface area contributed by atoms with Gasteiger partial charge in [-0.1, -0.05) is 32.0 Å². The second-order valence-electron chi connectivity index (χ2n) is 12.0. The number of nitrogens with zero attached hydrogens (tertiary/aromatic N) is 2. The van der Waals surface area contributed by atoms with Crippen LogP contribution < -0.4 is 16.0 Å². The summed E-state index contributed by atoms with van der Waals surface area (Å²) in [4.78, 5) is 53.7. The second kappa shape index (κ2) is 15.8. The molecule has 0 saturated carbocycles. The zero-order valence-corrected chi connectivity index (χ0v) is 26.3. The number of urea groups is 2. The van der Waals surface area contributed by atoms with Gasteiger partial charge in [-0.05, 0) is 86.1 Å². The fourth-order valence-electron chi connectivity index (χ4n) is 5.91. The molecule has 1 fully saturated rings. The third-order valence-corrected chi connectivity index (χ3v) is 8.08. The molecule has 5 amide bonds. The van der Waals surface area contributed by atoms with Crippen LogP contribution in [-0.2, 0) is 14.3 Å². The zero-order chi connectivity index (χ0) is 33.4. The Balaban J connectivity index is 1.33. The van der Waals surface area contributed by atoms with Crippen molar-refractivity contribution in [3.63, 3.8) is 0 Å². The molecule has 4 N–H and O–H groups in total. The number of aliphatic carboxylic acids is 1. The van der Waals surface area contributed by atoms with Gasteiger partial charge in [-0.3, -0.25) is 4.79 Å². The lowest BCUT2D eigenvalue weighted by atomic mass is 9.89. The third kappa shape index (κ3) is 8.67. The number of carboxylic acids is 1. The lowest BCUT2D eigenvalue weighted by Crippen LogP contribution is -2.55. The van der Waals surface area contributed by atoms with Gasteiger partial charge in [0.15, 0.2) is 11.6 Å². The van der Waals surface area contributed by atoms with Crippen LogP contribution in [0.1, 0.15) is 62.6 Å². The van der Waals surface area contributed by atoms with Gasteiger partial charge < -0.3 is 30.7 Å². The largest absolute Gasteiger partial charge is 0.478 e. The van der Waals surface area contributed by atoms with Crippen LogP contribution >= 0.6 is 0 Å². The molecule has 11 nitrogen and oxygen atoms in total. The molecule has 0 spiro atoms. The van der Waals surface area contributed by atoms with Crippen molar-refractivity contribution in [1.82, 2.24) is 20.4 Å². The summed E-state index contributed by atoms with van der Waals surface area (Å²) in [5, 5.41) is 18.0. The van der Waals surface area contributed by atoms with Crippen LogP contribution in [0.15, 0.2) is 53.7 Å². The van der Waals surface area contributed by atoms with Crippen LogP contribution in [0.25, 0.3) is 0 Å². The average molecular weight is 642 g/mol. The van der Waals surface area contributed by atoms with Crippen LogP contribution in [-0.4, -0.2) is 78.7 Å². The van der Waals surface area contributed by atoms with Crippen molar-refractivity contribution in [2.75, 3.05) is 45.2 Å². The van der Waals surface area contributed by atoms with Crippen molar-refractivity contribution < 1.29 is 37.8 Å². The SMILES string of the molecule is COCC1=C(C(=O)O)[C@H](c2ccc(F)c(F)c2)N(C(=O)NCCCN2CCC(c3cccc(NC(=O)CC(C)C)c3)CC2)C(=O)N1. The molecule has 0 radical (unpaired) electrons. The second-order valence-corrected chi connectivity index (χ2v) is 12.0. The summed E-state index contributed by atoms with van der Waals surface area (Å²) in [6.45, 7) is 6.33. The van der Waals surface area contributed by atoms with Gasteiger partial charge in [0, 0.05) is 25.8 Å². The number of benzene rings is 2. The topological polar surface area (TPSA) is 140 Å². The van der Waals surface area contributed by atoms with Gasteiger partial charge in [0.25, 0.3) is 0 Å². The van der Waals surface area contributed by atoms with E-state index in [4.69, 9.17) is 4.74 Å². The number of carbonyl (C=O) groups excluding carboxylic acids is 3. The van der Waals surface area contributed by atoms with Gasteiger partial charge in [0.2, 0.25) is 5.91 Å². The number of amides is 5. The number of piperidine rings is 1. The summed E-state index contributed by atoms with van der Waals surface area (Å²) in [6, 6.07) is 7.40. The molecule has 248 valence electrons. The maximum Gasteiger partial charge on any atom is 0.335 e. The summed E-state index contributed by atoms with van der Waals surface area (Å²) in [5.41, 5.74) is 1.42. The molecule has 2 heterocycles. The minimum absolute atomic E-state index is 0.00415. The van der Waals surface area contributed by atoms with E-state index in [0.717, 1.165) is 49.8 Å². The Kier molecular flexibility index (Phi) is 11.8. The maximum absolute atomic E-state index is 14.2. The van der Waals surface area contributed by atoms with Crippen molar-refractivity contribution in [3.05, 3.63) is 76.5 Å². The van der Waals surface area contributed by atoms with E-state index in [1.807, 2.05) is 32.0 Å². The Morgan fingerprint density at radius 3 is 2.46 bits per heavy atom. The summed E-state index contributed by atoms with van der Waals surface area (Å²) in [6.07, 6.45) is 2.91. The lowest BCUT2D eigenvalue weighted by Gasteiger charge is -2.36. The number of likely N-dealkylation sites (tertiary alicyclic amines) is 1. The number of ether oxygens (including phenoxy) is 1. The van der Waals surface area contributed by atoms with Crippen LogP contribution in [0.5, 0.6) is 0 Å². The highest BCUT2D eigenvalue weighted by Gasteiger charge is 2.42. The first-order valence-electron chi connectivity index (χ1n) is 15.4. The van der Waals surface area contributed by atoms with Crippen molar-refractivity contribution in [3.8, 4) is 0 Å². The van der Waals surface area contributed by atoms with Crippen molar-refractivity contribution >= 4 is 29.6 Å². The molecule has 2 aliphatic heterocycles. The predicted molar refractivity (Wildman–Crippen MR) is 167 cm³/mol. The molecule has 0 unspecified atom stereocenters.